The number of carboxylic acid groups (broad SMARTS) is 2. The first-order valence-corrected chi connectivity index (χ1v) is 4.17. The molecule has 0 atom stereocenters. The minimum atomic E-state index is -1.69. The smallest absolute Gasteiger partial charge is 1.00 e. The Balaban J connectivity index is -0.000000120. The summed E-state index contributed by atoms with van der Waals surface area (Å²) in [5, 5.41) is 17.9. The molecule has 0 aliphatic rings. The van der Waals surface area contributed by atoms with Crippen LogP contribution in [0.5, 0.6) is 0 Å². The van der Waals surface area contributed by atoms with E-state index in [1.54, 1.807) is 27.7 Å². The molecule has 6 heteroatoms. The van der Waals surface area contributed by atoms with Crippen molar-refractivity contribution in [2.24, 2.45) is 10.8 Å². The Morgan fingerprint density at radius 3 is 1.40 bits per heavy atom. The van der Waals surface area contributed by atoms with Crippen LogP contribution >= 0.6 is 0 Å². The van der Waals surface area contributed by atoms with Crippen LogP contribution in [0.3, 0.4) is 0 Å². The molecule has 0 heterocycles. The van der Waals surface area contributed by atoms with Crippen molar-refractivity contribution < 1.29 is 92.9 Å². The summed E-state index contributed by atoms with van der Waals surface area (Å²) in [6.07, 6.45) is 0.0845. The quantitative estimate of drug-likeness (QED) is 0.385. The maximum absolute atomic E-state index is 11.0. The molecule has 0 radical (unpaired) electrons. The molecule has 0 saturated heterocycles. The summed E-state index contributed by atoms with van der Waals surface area (Å²) < 4.78 is 0. The van der Waals surface area contributed by atoms with Crippen LogP contribution in [0.15, 0.2) is 0 Å². The number of carbonyl (C=O) groups is 2. The van der Waals surface area contributed by atoms with E-state index in [4.69, 9.17) is 10.2 Å². The average Bonchev–Trinajstić information content (AvgIpc) is 1.83. The Bertz CT molecular complexity index is 230. The molecule has 0 aromatic rings. The molecule has 0 aliphatic heterocycles. The number of rotatable bonds is 3. The van der Waals surface area contributed by atoms with Gasteiger partial charge in [0.15, 0.2) is 5.41 Å². The molecule has 0 bridgehead atoms. The summed E-state index contributed by atoms with van der Waals surface area (Å²) in [6.45, 7) is 6.45. The van der Waals surface area contributed by atoms with Crippen molar-refractivity contribution in [1.82, 2.24) is 0 Å². The van der Waals surface area contributed by atoms with E-state index < -0.39 is 22.8 Å². The second kappa shape index (κ2) is 7.49. The van der Waals surface area contributed by atoms with Crippen LogP contribution in [0.1, 0.15) is 37.0 Å². The Labute approximate surface area is 148 Å². The summed E-state index contributed by atoms with van der Waals surface area (Å²) >= 11 is 0. The second-order valence-corrected chi connectivity index (χ2v) is 4.12. The normalized spacial score (nSPS) is 10.9. The molecule has 15 heavy (non-hydrogen) atoms. The first-order valence-electron chi connectivity index (χ1n) is 4.17. The van der Waals surface area contributed by atoms with Gasteiger partial charge < -0.3 is 13.1 Å². The Hall–Kier alpha value is 1.17. The van der Waals surface area contributed by atoms with Gasteiger partial charge in [-0.1, -0.05) is 27.7 Å². The van der Waals surface area contributed by atoms with Gasteiger partial charge in [-0.25, -0.2) is 0 Å². The van der Waals surface area contributed by atoms with Crippen molar-refractivity contribution in [3.8, 4) is 0 Å². The van der Waals surface area contributed by atoms with Gasteiger partial charge in [0.1, 0.15) is 0 Å². The van der Waals surface area contributed by atoms with E-state index in [1.165, 1.54) is 0 Å². The summed E-state index contributed by atoms with van der Waals surface area (Å²) in [7, 11) is 0. The maximum Gasteiger partial charge on any atom is 1.00 e. The van der Waals surface area contributed by atoms with Crippen LogP contribution in [-0.4, -0.2) is 22.2 Å². The van der Waals surface area contributed by atoms with Crippen LogP contribution in [-0.2, 0) is 9.59 Å². The van der Waals surface area contributed by atoms with E-state index in [0.717, 1.165) is 0 Å². The van der Waals surface area contributed by atoms with Crippen LogP contribution in [0.2, 0.25) is 0 Å². The van der Waals surface area contributed by atoms with Crippen molar-refractivity contribution in [2.45, 2.75) is 34.1 Å². The van der Waals surface area contributed by atoms with Gasteiger partial charge in [-0.15, -0.1) is 0 Å². The van der Waals surface area contributed by atoms with Crippen molar-refractivity contribution in [1.29, 1.82) is 0 Å². The molecule has 2 N–H and O–H groups in total. The van der Waals surface area contributed by atoms with Crippen molar-refractivity contribution >= 4 is 11.9 Å². The predicted molar refractivity (Wildman–Crippen MR) is 49.7 cm³/mol. The topological polar surface area (TPSA) is 74.6 Å². The molecule has 0 aliphatic carbocycles. The Morgan fingerprint density at radius 2 is 1.40 bits per heavy atom. The summed E-state index contributed by atoms with van der Waals surface area (Å²) in [5.41, 5.74) is -2.48. The van der Waals surface area contributed by atoms with Gasteiger partial charge in [0.2, 0.25) is 0 Å². The van der Waals surface area contributed by atoms with E-state index in [2.05, 4.69) is 0 Å². The average molecular weight is 236 g/mol. The zero-order valence-electron chi connectivity index (χ0n) is 12.4. The van der Waals surface area contributed by atoms with Gasteiger partial charge in [0.05, 0.1) is 0 Å². The Kier molecular flexibility index (Phi) is 10.7. The van der Waals surface area contributed by atoms with Crippen LogP contribution in [0.25, 0.3) is 0 Å². The molecular weight excluding hydrogens is 218 g/mol. The fourth-order valence-electron chi connectivity index (χ4n) is 1.57. The van der Waals surface area contributed by atoms with Gasteiger partial charge >= 0.3 is 82.2 Å². The molecule has 4 nitrogen and oxygen atoms in total. The standard InChI is InChI=1S/C9H16O4.K.Li.2H/c1-5-9(6(10)11,7(12)13)8(2,3)4;;;;/h5H2,1-4H3,(H,10,11)(H,12,13);;;;/q;2*+1;2*-1. The predicted octanol–water partition coefficient (Wildman–Crippen LogP) is -4.17. The molecule has 0 rings (SSSR count). The third-order valence-corrected chi connectivity index (χ3v) is 2.54. The van der Waals surface area contributed by atoms with Gasteiger partial charge in [0, 0.05) is 0 Å². The third kappa shape index (κ3) is 4.16. The molecule has 0 amide bonds. The third-order valence-electron chi connectivity index (χ3n) is 2.54. The van der Waals surface area contributed by atoms with Gasteiger partial charge in [-0.05, 0) is 11.8 Å². The molecule has 0 fully saturated rings. The molecule has 0 saturated carbocycles. The van der Waals surface area contributed by atoms with E-state index in [0.29, 0.717) is 0 Å². The molecular formula is C9H18KLiO4. The Morgan fingerprint density at radius 1 is 1.13 bits per heavy atom. The fourth-order valence-corrected chi connectivity index (χ4v) is 1.57. The number of carboxylic acids is 2. The molecule has 0 unspecified atom stereocenters. The van der Waals surface area contributed by atoms with Gasteiger partial charge in [0.25, 0.3) is 0 Å². The number of aliphatic carboxylic acids is 2. The van der Waals surface area contributed by atoms with E-state index in [-0.39, 0.29) is 79.5 Å². The van der Waals surface area contributed by atoms with Crippen molar-refractivity contribution in [3.63, 3.8) is 0 Å². The minimum Gasteiger partial charge on any atom is -1.00 e. The summed E-state index contributed by atoms with van der Waals surface area (Å²) in [5.74, 6) is -2.54. The van der Waals surface area contributed by atoms with Gasteiger partial charge in [-0.3, -0.25) is 9.59 Å². The zero-order chi connectivity index (χ0) is 10.9. The summed E-state index contributed by atoms with van der Waals surface area (Å²) in [4.78, 5) is 21.9. The van der Waals surface area contributed by atoms with Crippen molar-refractivity contribution in [2.75, 3.05) is 0 Å². The monoisotopic (exact) mass is 236 g/mol. The zero-order valence-corrected chi connectivity index (χ0v) is 13.5. The van der Waals surface area contributed by atoms with Crippen LogP contribution in [0, 0.1) is 10.8 Å². The molecule has 80 valence electrons. The van der Waals surface area contributed by atoms with Crippen LogP contribution < -0.4 is 70.2 Å². The SMILES string of the molecule is CCC(C(=O)O)(C(=O)O)C(C)(C)C.[H-].[H-].[K+].[Li+]. The molecule has 0 spiro atoms. The second-order valence-electron chi connectivity index (χ2n) is 4.12. The fraction of sp³-hybridized carbons (Fsp3) is 0.778. The van der Waals surface area contributed by atoms with Crippen LogP contribution in [0.4, 0.5) is 0 Å². The molecule has 0 aromatic carbocycles. The van der Waals surface area contributed by atoms with Gasteiger partial charge in [-0.2, -0.15) is 0 Å². The van der Waals surface area contributed by atoms with Crippen molar-refractivity contribution in [3.05, 3.63) is 0 Å². The van der Waals surface area contributed by atoms with E-state index in [1.807, 2.05) is 0 Å². The maximum atomic E-state index is 11.0. The summed E-state index contributed by atoms with van der Waals surface area (Å²) in [6, 6.07) is 0. The number of hydrogen-bond acceptors (Lipinski definition) is 2. The van der Waals surface area contributed by atoms with E-state index >= 15 is 0 Å². The number of hydrogen-bond donors (Lipinski definition) is 2. The van der Waals surface area contributed by atoms with E-state index in [9.17, 15) is 9.59 Å². The molecule has 0 aromatic heterocycles. The largest absolute Gasteiger partial charge is 1.00 e. The first-order chi connectivity index (χ1) is 5.70. The minimum absolute atomic E-state index is 0. The first kappa shape index (κ1) is 21.5.